The van der Waals surface area contributed by atoms with Crippen LogP contribution in [0, 0.1) is 20.8 Å². The van der Waals surface area contributed by atoms with Gasteiger partial charge in [0.25, 0.3) is 0 Å². The van der Waals surface area contributed by atoms with Gasteiger partial charge in [-0.25, -0.2) is 0 Å². The molecule has 0 amide bonds. The Labute approximate surface area is 324 Å². The zero-order chi connectivity index (χ0) is 37.4. The van der Waals surface area contributed by atoms with Gasteiger partial charge in [0, 0.05) is 15.9 Å². The zero-order valence-electron chi connectivity index (χ0n) is 31.3. The second-order valence-electron chi connectivity index (χ2n) is 15.4. The van der Waals surface area contributed by atoms with Crippen LogP contribution < -0.4 is 15.9 Å². The fraction of sp³-hybridized carbons (Fsp3) is 0.0943. The van der Waals surface area contributed by atoms with Crippen molar-refractivity contribution in [1.29, 1.82) is 0 Å². The van der Waals surface area contributed by atoms with E-state index in [-0.39, 0.29) is 0 Å². The summed E-state index contributed by atoms with van der Waals surface area (Å²) in [7, 11) is -3.16. The van der Waals surface area contributed by atoms with Crippen molar-refractivity contribution < 1.29 is 4.57 Å². The maximum atomic E-state index is 15.5. The normalized spacial score (nSPS) is 14.5. The maximum Gasteiger partial charge on any atom is 0.171 e. The predicted octanol–water partition coefficient (Wildman–Crippen LogP) is 11.3. The largest absolute Gasteiger partial charge is 0.309 e. The van der Waals surface area contributed by atoms with E-state index in [1.54, 1.807) is 0 Å². The fourth-order valence-electron chi connectivity index (χ4n) is 9.99. The predicted molar refractivity (Wildman–Crippen MR) is 229 cm³/mol. The van der Waals surface area contributed by atoms with Gasteiger partial charge in [0.05, 0.1) is 10.8 Å². The van der Waals surface area contributed by atoms with Crippen LogP contribution in [0.2, 0.25) is 0 Å². The van der Waals surface area contributed by atoms with Crippen molar-refractivity contribution in [3.8, 4) is 11.1 Å². The van der Waals surface area contributed by atoms with Gasteiger partial charge in [-0.1, -0.05) is 211 Å². The van der Waals surface area contributed by atoms with E-state index >= 15 is 4.57 Å². The van der Waals surface area contributed by atoms with Crippen LogP contribution in [0.4, 0.5) is 0 Å². The third kappa shape index (κ3) is 4.63. The molecule has 0 saturated heterocycles. The van der Waals surface area contributed by atoms with Crippen molar-refractivity contribution in [3.05, 3.63) is 255 Å². The van der Waals surface area contributed by atoms with Gasteiger partial charge >= 0.3 is 0 Å². The number of aryl methyl sites for hydroxylation is 3. The molecule has 8 aromatic rings. The molecule has 0 radical (unpaired) electrons. The topological polar surface area (TPSA) is 17.1 Å². The van der Waals surface area contributed by atoms with Gasteiger partial charge in [0.2, 0.25) is 0 Å². The van der Waals surface area contributed by atoms with E-state index in [0.717, 1.165) is 15.9 Å². The number of rotatable bonds is 7. The number of hydrogen-bond acceptors (Lipinski definition) is 1. The molecule has 55 heavy (non-hydrogen) atoms. The van der Waals surface area contributed by atoms with E-state index in [0.29, 0.717) is 0 Å². The summed E-state index contributed by atoms with van der Waals surface area (Å²) in [6.07, 6.45) is 0. The minimum absolute atomic E-state index is 0.476. The van der Waals surface area contributed by atoms with Crippen LogP contribution in [-0.2, 0) is 15.4 Å². The van der Waals surface area contributed by atoms with E-state index in [1.807, 2.05) is 60.7 Å². The first-order valence-corrected chi connectivity index (χ1v) is 20.9. The third-order valence-corrected chi connectivity index (χ3v) is 15.3. The highest BCUT2D eigenvalue weighted by Crippen LogP contribution is 2.67. The van der Waals surface area contributed by atoms with Gasteiger partial charge in [-0.2, -0.15) is 0 Å². The molecule has 0 heterocycles. The smallest absolute Gasteiger partial charge is 0.171 e. The standard InChI is InChI=1S/C53H41OP/c1-36-24-26-41(27-25-36)53(42-28-30-45(31-29-42)55(54,43-20-12-6-13-21-43)44-22-14-7-15-23-44)48-34-37(2)32-46-50(48)51-47(33-38(3)35-49(51)53)52(46,39-16-8-4-9-17-39)40-18-10-5-11-19-40/h4-35H,1-3H3. The first kappa shape index (κ1) is 33.6. The van der Waals surface area contributed by atoms with E-state index < -0.39 is 18.0 Å². The Morgan fingerprint density at radius 2 is 0.618 bits per heavy atom. The first-order valence-electron chi connectivity index (χ1n) is 19.2. The van der Waals surface area contributed by atoms with Gasteiger partial charge in [-0.15, -0.1) is 0 Å². The van der Waals surface area contributed by atoms with Crippen LogP contribution in [-0.4, -0.2) is 0 Å². The molecule has 0 aromatic heterocycles. The van der Waals surface area contributed by atoms with Gasteiger partial charge < -0.3 is 4.57 Å². The van der Waals surface area contributed by atoms with Gasteiger partial charge in [-0.05, 0) is 76.4 Å². The van der Waals surface area contributed by atoms with Crippen LogP contribution in [0.15, 0.2) is 194 Å². The summed E-state index contributed by atoms with van der Waals surface area (Å²) in [5.41, 5.74) is 15.6. The minimum Gasteiger partial charge on any atom is -0.309 e. The average molecular weight is 725 g/mol. The van der Waals surface area contributed by atoms with Gasteiger partial charge in [-0.3, -0.25) is 0 Å². The molecule has 0 N–H and O–H groups in total. The maximum absolute atomic E-state index is 15.5. The summed E-state index contributed by atoms with van der Waals surface area (Å²) >= 11 is 0. The highest BCUT2D eigenvalue weighted by atomic mass is 31.2. The summed E-state index contributed by atoms with van der Waals surface area (Å²) in [6, 6.07) is 69.9. The zero-order valence-corrected chi connectivity index (χ0v) is 32.2. The van der Waals surface area contributed by atoms with E-state index in [1.165, 1.54) is 72.3 Å². The third-order valence-electron chi connectivity index (χ3n) is 12.2. The lowest BCUT2D eigenvalue weighted by Crippen LogP contribution is -2.33. The van der Waals surface area contributed by atoms with E-state index in [2.05, 4.69) is 154 Å². The number of benzene rings is 8. The molecule has 264 valence electrons. The second kappa shape index (κ2) is 12.5. The first-order chi connectivity index (χ1) is 26.9. The Hall–Kier alpha value is -6.01. The molecule has 0 spiro atoms. The molecule has 0 unspecified atom stereocenters. The summed E-state index contributed by atoms with van der Waals surface area (Å²) in [5.74, 6) is 0. The molecular formula is C53H41OP. The molecule has 0 bridgehead atoms. The molecule has 10 rings (SSSR count). The summed E-state index contributed by atoms with van der Waals surface area (Å²) in [5, 5.41) is 2.51. The second-order valence-corrected chi connectivity index (χ2v) is 18.2. The van der Waals surface area contributed by atoms with Crippen molar-refractivity contribution in [2.24, 2.45) is 0 Å². The Kier molecular flexibility index (Phi) is 7.64. The Morgan fingerprint density at radius 3 is 0.982 bits per heavy atom. The van der Waals surface area contributed by atoms with Crippen LogP contribution in [0.25, 0.3) is 11.1 Å². The van der Waals surface area contributed by atoms with Crippen molar-refractivity contribution >= 4 is 23.1 Å². The van der Waals surface area contributed by atoms with E-state index in [9.17, 15) is 0 Å². The lowest BCUT2D eigenvalue weighted by molar-refractivity contribution is 0.592. The van der Waals surface area contributed by atoms with Crippen molar-refractivity contribution in [3.63, 3.8) is 0 Å². The summed E-state index contributed by atoms with van der Waals surface area (Å²) in [4.78, 5) is 0. The lowest BCUT2D eigenvalue weighted by atomic mass is 9.62. The molecule has 1 nitrogen and oxygen atoms in total. The number of hydrogen-bond donors (Lipinski definition) is 0. The molecule has 8 aromatic carbocycles. The van der Waals surface area contributed by atoms with Crippen molar-refractivity contribution in [2.75, 3.05) is 0 Å². The summed E-state index contributed by atoms with van der Waals surface area (Å²) < 4.78 is 15.5. The SMILES string of the molecule is Cc1ccc(C2(c3ccc(P(=O)(c4ccccc4)c4ccccc4)cc3)c3cc(C)cc4c3-c3c(cc(C)cc32)C4(c2ccccc2)c2ccccc2)cc1. The van der Waals surface area contributed by atoms with Crippen molar-refractivity contribution in [2.45, 2.75) is 31.6 Å². The van der Waals surface area contributed by atoms with Crippen molar-refractivity contribution in [1.82, 2.24) is 0 Å². The molecule has 2 aliphatic carbocycles. The van der Waals surface area contributed by atoms with Crippen LogP contribution in [0.5, 0.6) is 0 Å². The van der Waals surface area contributed by atoms with Crippen LogP contribution >= 0.6 is 7.14 Å². The minimum atomic E-state index is -3.16. The molecule has 2 aliphatic rings. The monoisotopic (exact) mass is 724 g/mol. The lowest BCUT2D eigenvalue weighted by Gasteiger charge is -2.39. The molecule has 0 aliphatic heterocycles. The Morgan fingerprint density at radius 1 is 0.327 bits per heavy atom. The fourth-order valence-corrected chi connectivity index (χ4v) is 12.6. The quantitative estimate of drug-likeness (QED) is 0.150. The molecule has 0 fully saturated rings. The Bertz CT molecular complexity index is 2620. The van der Waals surface area contributed by atoms with Crippen LogP contribution in [0.1, 0.15) is 61.2 Å². The summed E-state index contributed by atoms with van der Waals surface area (Å²) in [6.45, 7) is 6.67. The molecule has 0 saturated carbocycles. The van der Waals surface area contributed by atoms with Crippen LogP contribution in [0.3, 0.4) is 0 Å². The highest BCUT2D eigenvalue weighted by molar-refractivity contribution is 7.85. The molecular weight excluding hydrogens is 684 g/mol. The van der Waals surface area contributed by atoms with Gasteiger partial charge in [0.1, 0.15) is 0 Å². The molecule has 0 atom stereocenters. The van der Waals surface area contributed by atoms with Gasteiger partial charge in [0.15, 0.2) is 7.14 Å². The molecule has 2 heteroatoms. The Balaban J connectivity index is 1.29. The average Bonchev–Trinajstić information content (AvgIpc) is 3.69. The van der Waals surface area contributed by atoms with E-state index in [4.69, 9.17) is 0 Å². The highest BCUT2D eigenvalue weighted by Gasteiger charge is 2.56.